The van der Waals surface area contributed by atoms with Gasteiger partial charge in [0.1, 0.15) is 5.75 Å². The number of carbonyl (C=O) groups excluding carboxylic acids is 2. The van der Waals surface area contributed by atoms with Crippen molar-refractivity contribution in [2.75, 3.05) is 18.5 Å². The summed E-state index contributed by atoms with van der Waals surface area (Å²) in [4.78, 5) is 24.2. The van der Waals surface area contributed by atoms with Crippen LogP contribution in [0.25, 0.3) is 0 Å². The van der Waals surface area contributed by atoms with E-state index in [0.717, 1.165) is 18.6 Å². The molecule has 0 saturated carbocycles. The Morgan fingerprint density at radius 2 is 1.50 bits per heavy atom. The summed E-state index contributed by atoms with van der Waals surface area (Å²) in [7, 11) is 0. The molecule has 0 aliphatic carbocycles. The highest BCUT2D eigenvalue weighted by molar-refractivity contribution is 7.80. The number of benzene rings is 2. The van der Waals surface area contributed by atoms with E-state index in [1.54, 1.807) is 48.5 Å². The summed E-state index contributed by atoms with van der Waals surface area (Å²) in [5.74, 6) is 0.310. The third-order valence-corrected chi connectivity index (χ3v) is 4.56. The minimum Gasteiger partial charge on any atom is -0.494 e. The maximum atomic E-state index is 12.4. The van der Waals surface area contributed by atoms with Gasteiger partial charge in [-0.2, -0.15) is 0 Å². The molecule has 0 unspecified atom stereocenters. The summed E-state index contributed by atoms with van der Waals surface area (Å²) < 4.78 is 5.69. The highest BCUT2D eigenvalue weighted by atomic mass is 32.1. The van der Waals surface area contributed by atoms with Gasteiger partial charge in [-0.3, -0.25) is 14.9 Å². The fraction of sp³-hybridized carbons (Fsp3) is 0.348. The van der Waals surface area contributed by atoms with Crippen LogP contribution in [0.1, 0.15) is 60.2 Å². The molecule has 0 fully saturated rings. The fourth-order valence-corrected chi connectivity index (χ4v) is 2.94. The molecular weight excluding hydrogens is 398 g/mol. The molecule has 0 radical (unpaired) electrons. The molecule has 0 saturated heterocycles. The highest BCUT2D eigenvalue weighted by Crippen LogP contribution is 2.14. The predicted octanol–water partition coefficient (Wildman–Crippen LogP) is 4.52. The van der Waals surface area contributed by atoms with E-state index in [1.165, 1.54) is 12.8 Å². The van der Waals surface area contributed by atoms with Crippen LogP contribution < -0.4 is 20.7 Å². The lowest BCUT2D eigenvalue weighted by molar-refractivity contribution is 0.0953. The van der Waals surface area contributed by atoms with E-state index in [-0.39, 0.29) is 16.9 Å². The Hall–Kier alpha value is -2.93. The first-order valence-corrected chi connectivity index (χ1v) is 10.7. The number of anilines is 1. The van der Waals surface area contributed by atoms with E-state index in [2.05, 4.69) is 22.9 Å². The van der Waals surface area contributed by atoms with Crippen LogP contribution in [0.15, 0.2) is 48.5 Å². The third kappa shape index (κ3) is 7.83. The Balaban J connectivity index is 1.81. The largest absolute Gasteiger partial charge is 0.494 e. The SMILES string of the molecule is CCCCCCOc1ccc(C(=O)NC(=S)Nc2ccc(C(=O)NCC)cc2)cc1. The van der Waals surface area contributed by atoms with E-state index in [9.17, 15) is 9.59 Å². The second-order valence-corrected chi connectivity index (χ2v) is 7.19. The highest BCUT2D eigenvalue weighted by Gasteiger charge is 2.09. The lowest BCUT2D eigenvalue weighted by atomic mass is 10.2. The van der Waals surface area contributed by atoms with Gasteiger partial charge in [-0.05, 0) is 74.1 Å². The van der Waals surface area contributed by atoms with Crippen molar-refractivity contribution in [2.45, 2.75) is 39.5 Å². The number of hydrogen-bond acceptors (Lipinski definition) is 4. The molecule has 0 aliphatic rings. The molecule has 2 aromatic carbocycles. The first kappa shape index (κ1) is 23.3. The van der Waals surface area contributed by atoms with Gasteiger partial charge >= 0.3 is 0 Å². The summed E-state index contributed by atoms with van der Waals surface area (Å²) in [6, 6.07) is 13.8. The molecule has 160 valence electrons. The lowest BCUT2D eigenvalue weighted by Crippen LogP contribution is -2.34. The maximum Gasteiger partial charge on any atom is 0.257 e. The molecule has 2 rings (SSSR count). The minimum absolute atomic E-state index is 0.131. The van der Waals surface area contributed by atoms with Crippen LogP contribution in [-0.2, 0) is 0 Å². The zero-order chi connectivity index (χ0) is 21.8. The van der Waals surface area contributed by atoms with E-state index >= 15 is 0 Å². The van der Waals surface area contributed by atoms with Gasteiger partial charge < -0.3 is 15.4 Å². The zero-order valence-corrected chi connectivity index (χ0v) is 18.3. The van der Waals surface area contributed by atoms with E-state index in [4.69, 9.17) is 17.0 Å². The van der Waals surface area contributed by atoms with E-state index < -0.39 is 0 Å². The van der Waals surface area contributed by atoms with E-state index in [1.807, 2.05) is 6.92 Å². The van der Waals surface area contributed by atoms with Gasteiger partial charge in [0.15, 0.2) is 5.11 Å². The standard InChI is InChI=1S/C23H29N3O3S/c1-3-5-6-7-16-29-20-14-10-18(11-15-20)22(28)26-23(30)25-19-12-8-17(9-13-19)21(27)24-4-2/h8-15H,3-7,16H2,1-2H3,(H,24,27)(H2,25,26,28,30). The average Bonchev–Trinajstić information content (AvgIpc) is 2.74. The molecule has 30 heavy (non-hydrogen) atoms. The molecule has 0 bridgehead atoms. The van der Waals surface area contributed by atoms with Crippen LogP contribution in [0.5, 0.6) is 5.75 Å². The fourth-order valence-electron chi connectivity index (χ4n) is 2.73. The zero-order valence-electron chi connectivity index (χ0n) is 17.5. The maximum absolute atomic E-state index is 12.4. The molecule has 0 atom stereocenters. The van der Waals surface area contributed by atoms with E-state index in [0.29, 0.717) is 30.0 Å². The number of thiocarbonyl (C=S) groups is 1. The van der Waals surface area contributed by atoms with Crippen molar-refractivity contribution in [3.8, 4) is 5.75 Å². The summed E-state index contributed by atoms with van der Waals surface area (Å²) in [5, 5.41) is 8.51. The van der Waals surface area contributed by atoms with Gasteiger partial charge in [-0.1, -0.05) is 26.2 Å². The summed E-state index contributed by atoms with van der Waals surface area (Å²) in [6.07, 6.45) is 4.60. The summed E-state index contributed by atoms with van der Waals surface area (Å²) in [5.41, 5.74) is 1.73. The quantitative estimate of drug-likeness (QED) is 0.384. The van der Waals surface area contributed by atoms with Crippen molar-refractivity contribution in [1.82, 2.24) is 10.6 Å². The van der Waals surface area contributed by atoms with Crippen molar-refractivity contribution >= 4 is 34.8 Å². The smallest absolute Gasteiger partial charge is 0.257 e. The number of ether oxygens (including phenoxy) is 1. The molecule has 0 aliphatic heterocycles. The van der Waals surface area contributed by atoms with Crippen molar-refractivity contribution < 1.29 is 14.3 Å². The first-order valence-electron chi connectivity index (χ1n) is 10.3. The first-order chi connectivity index (χ1) is 14.5. The monoisotopic (exact) mass is 427 g/mol. The molecule has 0 spiro atoms. The Morgan fingerprint density at radius 3 is 2.13 bits per heavy atom. The van der Waals surface area contributed by atoms with Crippen molar-refractivity contribution in [1.29, 1.82) is 0 Å². The molecule has 2 aromatic rings. The number of hydrogen-bond donors (Lipinski definition) is 3. The average molecular weight is 428 g/mol. The second kappa shape index (κ2) is 12.6. The van der Waals surface area contributed by atoms with Crippen LogP contribution in [0.3, 0.4) is 0 Å². The topological polar surface area (TPSA) is 79.5 Å². The lowest BCUT2D eigenvalue weighted by Gasteiger charge is -2.11. The predicted molar refractivity (Wildman–Crippen MR) is 124 cm³/mol. The van der Waals surface area contributed by atoms with Crippen LogP contribution in [0.2, 0.25) is 0 Å². The van der Waals surface area contributed by atoms with Crippen molar-refractivity contribution in [3.05, 3.63) is 59.7 Å². The van der Waals surface area contributed by atoms with Crippen LogP contribution in [0.4, 0.5) is 5.69 Å². The van der Waals surface area contributed by atoms with Crippen LogP contribution >= 0.6 is 12.2 Å². The Bertz CT molecular complexity index is 836. The van der Waals surface area contributed by atoms with Crippen molar-refractivity contribution in [2.24, 2.45) is 0 Å². The van der Waals surface area contributed by atoms with Gasteiger partial charge in [0.2, 0.25) is 0 Å². The van der Waals surface area contributed by atoms with Gasteiger partial charge in [-0.15, -0.1) is 0 Å². The molecule has 0 heterocycles. The van der Waals surface area contributed by atoms with Gasteiger partial charge in [-0.25, -0.2) is 0 Å². The van der Waals surface area contributed by atoms with Crippen molar-refractivity contribution in [3.63, 3.8) is 0 Å². The minimum atomic E-state index is -0.305. The van der Waals surface area contributed by atoms with Gasteiger partial charge in [0, 0.05) is 23.4 Å². The number of amides is 2. The molecule has 0 aromatic heterocycles. The normalized spacial score (nSPS) is 10.2. The van der Waals surface area contributed by atoms with Crippen LogP contribution in [-0.4, -0.2) is 30.1 Å². The molecule has 3 N–H and O–H groups in total. The number of carbonyl (C=O) groups is 2. The Labute approximate surface area is 183 Å². The number of rotatable bonds is 10. The molecule has 6 nitrogen and oxygen atoms in total. The number of nitrogens with one attached hydrogen (secondary N) is 3. The second-order valence-electron chi connectivity index (χ2n) is 6.78. The van der Waals surface area contributed by atoms with Crippen LogP contribution in [0, 0.1) is 0 Å². The van der Waals surface area contributed by atoms with Gasteiger partial charge in [0.25, 0.3) is 11.8 Å². The third-order valence-electron chi connectivity index (χ3n) is 4.35. The summed E-state index contributed by atoms with van der Waals surface area (Å²) in [6.45, 7) is 5.29. The Kier molecular flexibility index (Phi) is 9.80. The Morgan fingerprint density at radius 1 is 0.867 bits per heavy atom. The molecule has 7 heteroatoms. The molecular formula is C23H29N3O3S. The molecule has 2 amide bonds. The van der Waals surface area contributed by atoms with Gasteiger partial charge in [0.05, 0.1) is 6.61 Å². The summed E-state index contributed by atoms with van der Waals surface area (Å²) >= 11 is 5.21. The number of unbranched alkanes of at least 4 members (excludes halogenated alkanes) is 3.